The average molecular weight is 486 g/mol. The van der Waals surface area contributed by atoms with Gasteiger partial charge in [0.2, 0.25) is 0 Å². The number of hydrogen-bond donors (Lipinski definition) is 2. The van der Waals surface area contributed by atoms with E-state index in [1.807, 2.05) is 30.3 Å². The number of aromatic carboxylic acids is 1. The number of pyridine rings is 1. The van der Waals surface area contributed by atoms with Crippen LogP contribution in [0.25, 0.3) is 27.8 Å². The number of nitrogens with zero attached hydrogens (tertiary/aromatic N) is 2. The molecule has 0 spiro atoms. The molecule has 0 radical (unpaired) electrons. The lowest BCUT2D eigenvalue weighted by molar-refractivity contribution is 0.0698. The molecule has 0 bridgehead atoms. The highest BCUT2D eigenvalue weighted by Gasteiger charge is 2.22. The van der Waals surface area contributed by atoms with Crippen molar-refractivity contribution in [1.29, 1.82) is 0 Å². The summed E-state index contributed by atoms with van der Waals surface area (Å²) in [5.41, 5.74) is 2.33. The molecule has 2 heterocycles. The third-order valence-corrected chi connectivity index (χ3v) is 6.49. The van der Waals surface area contributed by atoms with E-state index in [0.29, 0.717) is 22.2 Å². The van der Waals surface area contributed by atoms with Crippen LogP contribution >= 0.6 is 0 Å². The van der Waals surface area contributed by atoms with Crippen molar-refractivity contribution in [2.45, 2.75) is 11.8 Å². The lowest BCUT2D eigenvalue weighted by atomic mass is 10.0. The fourth-order valence-corrected chi connectivity index (χ4v) is 4.49. The molecular formula is C26H19N3O5S. The van der Waals surface area contributed by atoms with Crippen molar-refractivity contribution in [1.82, 2.24) is 10.1 Å². The van der Waals surface area contributed by atoms with Crippen molar-refractivity contribution in [3.63, 3.8) is 0 Å². The molecule has 4 rings (SSSR count). The molecule has 0 saturated carbocycles. The Labute approximate surface area is 201 Å². The quantitative estimate of drug-likeness (QED) is 0.279. The highest BCUT2D eigenvalue weighted by molar-refractivity contribution is 7.92. The van der Waals surface area contributed by atoms with E-state index in [0.717, 1.165) is 11.8 Å². The van der Waals surface area contributed by atoms with Gasteiger partial charge in [0.1, 0.15) is 10.6 Å². The summed E-state index contributed by atoms with van der Waals surface area (Å²) in [7, 11) is -4.22. The summed E-state index contributed by atoms with van der Waals surface area (Å²) in [6.07, 6.45) is 11.3. The maximum atomic E-state index is 13.3. The number of carbonyl (C=O) groups is 1. The van der Waals surface area contributed by atoms with E-state index in [4.69, 9.17) is 10.9 Å². The molecule has 0 amide bonds. The van der Waals surface area contributed by atoms with Crippen LogP contribution in [0.15, 0.2) is 88.4 Å². The van der Waals surface area contributed by atoms with Gasteiger partial charge in [-0.3, -0.25) is 4.72 Å². The molecule has 0 aliphatic rings. The van der Waals surface area contributed by atoms with Crippen LogP contribution in [0.5, 0.6) is 0 Å². The molecule has 4 aromatic rings. The maximum Gasteiger partial charge on any atom is 0.337 e. The lowest BCUT2D eigenvalue weighted by Gasteiger charge is -2.12. The van der Waals surface area contributed by atoms with Crippen molar-refractivity contribution in [3.05, 3.63) is 90.3 Å². The van der Waals surface area contributed by atoms with Gasteiger partial charge in [0, 0.05) is 5.57 Å². The predicted octanol–water partition coefficient (Wildman–Crippen LogP) is 4.98. The Hall–Kier alpha value is -4.68. The largest absolute Gasteiger partial charge is 0.478 e. The molecule has 174 valence electrons. The van der Waals surface area contributed by atoms with E-state index in [1.54, 1.807) is 25.1 Å². The van der Waals surface area contributed by atoms with Gasteiger partial charge < -0.3 is 9.63 Å². The summed E-state index contributed by atoms with van der Waals surface area (Å²) in [5.74, 6) is 1.12. The summed E-state index contributed by atoms with van der Waals surface area (Å²) < 4.78 is 34.2. The van der Waals surface area contributed by atoms with Crippen molar-refractivity contribution in [2.24, 2.45) is 0 Å². The topological polar surface area (TPSA) is 122 Å². The van der Waals surface area contributed by atoms with Gasteiger partial charge in [-0.2, -0.15) is 0 Å². The van der Waals surface area contributed by atoms with Crippen LogP contribution in [0.2, 0.25) is 0 Å². The van der Waals surface area contributed by atoms with E-state index in [9.17, 15) is 18.3 Å². The van der Waals surface area contributed by atoms with Gasteiger partial charge in [-0.25, -0.2) is 18.2 Å². The van der Waals surface area contributed by atoms with Gasteiger partial charge in [0.25, 0.3) is 15.7 Å². The average Bonchev–Trinajstić information content (AvgIpc) is 3.28. The molecule has 2 aromatic carbocycles. The summed E-state index contributed by atoms with van der Waals surface area (Å²) >= 11 is 0. The maximum absolute atomic E-state index is 13.3. The van der Waals surface area contributed by atoms with Gasteiger partial charge in [0.15, 0.2) is 0 Å². The van der Waals surface area contributed by atoms with Crippen LogP contribution in [0.3, 0.4) is 0 Å². The van der Waals surface area contributed by atoms with Gasteiger partial charge >= 0.3 is 5.97 Å². The molecule has 2 N–H and O–H groups in total. The molecule has 0 fully saturated rings. The molecule has 9 heteroatoms. The fraction of sp³-hybridized carbons (Fsp3) is 0.0385. The standard InChI is InChI=1S/C26H19N3O5S/c1-3-5-9-17(4-2)24-22-15-20(16-27-25(22)34-28-24)35(32,33)29-23-14-19(12-13-21(23)26(30)31)18-10-7-6-8-11-18/h1,4-16,29H,2H3,(H,30,31)/b9-5-,17-4+. The monoisotopic (exact) mass is 485 g/mol. The van der Waals surface area contributed by atoms with Crippen LogP contribution in [-0.4, -0.2) is 29.6 Å². The summed E-state index contributed by atoms with van der Waals surface area (Å²) in [4.78, 5) is 15.7. The Balaban J connectivity index is 1.77. The number of carboxylic acids is 1. The molecule has 0 aliphatic heterocycles. The zero-order chi connectivity index (χ0) is 25.0. The molecule has 0 saturated heterocycles. The van der Waals surface area contributed by atoms with Gasteiger partial charge in [0.05, 0.1) is 22.8 Å². The van der Waals surface area contributed by atoms with Crippen molar-refractivity contribution >= 4 is 38.4 Å². The lowest BCUT2D eigenvalue weighted by Crippen LogP contribution is -2.16. The predicted molar refractivity (Wildman–Crippen MR) is 133 cm³/mol. The number of rotatable bonds is 7. The van der Waals surface area contributed by atoms with Gasteiger partial charge in [-0.1, -0.05) is 53.6 Å². The van der Waals surface area contributed by atoms with E-state index >= 15 is 0 Å². The second-order valence-corrected chi connectivity index (χ2v) is 9.02. The first kappa shape index (κ1) is 23.5. The number of nitrogens with one attached hydrogen (secondary N) is 1. The van der Waals surface area contributed by atoms with Gasteiger partial charge in [-0.05, 0) is 48.4 Å². The molecule has 8 nitrogen and oxygen atoms in total. The number of allylic oxidation sites excluding steroid dienone is 4. The number of fused-ring (bicyclic) bond motifs is 1. The zero-order valence-electron chi connectivity index (χ0n) is 18.5. The minimum atomic E-state index is -4.22. The van der Waals surface area contributed by atoms with Crippen LogP contribution < -0.4 is 4.72 Å². The molecular weight excluding hydrogens is 466 g/mol. The second-order valence-electron chi connectivity index (χ2n) is 7.34. The SMILES string of the molecule is C#C/C=C\C(=C/C)c1noc2ncc(S(=O)(=O)Nc3cc(-c4ccccc4)ccc3C(=O)O)cc12. The van der Waals surface area contributed by atoms with E-state index < -0.39 is 16.0 Å². The number of carboxylic acid groups (broad SMARTS) is 1. The van der Waals surface area contributed by atoms with Crippen LogP contribution in [0.4, 0.5) is 5.69 Å². The summed E-state index contributed by atoms with van der Waals surface area (Å²) in [5, 5.41) is 14.0. The van der Waals surface area contributed by atoms with E-state index in [-0.39, 0.29) is 21.9 Å². The highest BCUT2D eigenvalue weighted by Crippen LogP contribution is 2.30. The smallest absolute Gasteiger partial charge is 0.337 e. The summed E-state index contributed by atoms with van der Waals surface area (Å²) in [6, 6.07) is 15.0. The Morgan fingerprint density at radius 1 is 1.14 bits per heavy atom. The van der Waals surface area contributed by atoms with E-state index in [1.165, 1.54) is 24.3 Å². The normalized spacial score (nSPS) is 12.1. The molecule has 2 aromatic heterocycles. The fourth-order valence-electron chi connectivity index (χ4n) is 3.45. The minimum absolute atomic E-state index is 0.0735. The highest BCUT2D eigenvalue weighted by atomic mass is 32.2. The van der Waals surface area contributed by atoms with Crippen LogP contribution in [0, 0.1) is 12.3 Å². The first-order chi connectivity index (χ1) is 16.8. The summed E-state index contributed by atoms with van der Waals surface area (Å²) in [6.45, 7) is 1.78. The van der Waals surface area contributed by atoms with Crippen molar-refractivity contribution in [3.8, 4) is 23.5 Å². The van der Waals surface area contributed by atoms with Gasteiger partial charge in [-0.15, -0.1) is 6.42 Å². The Bertz CT molecular complexity index is 1630. The Morgan fingerprint density at radius 3 is 2.60 bits per heavy atom. The zero-order valence-corrected chi connectivity index (χ0v) is 19.3. The van der Waals surface area contributed by atoms with E-state index in [2.05, 4.69) is 20.8 Å². The van der Waals surface area contributed by atoms with Crippen LogP contribution in [-0.2, 0) is 10.0 Å². The third-order valence-electron chi connectivity index (χ3n) is 5.16. The number of benzene rings is 2. The van der Waals surface area contributed by atoms with Crippen LogP contribution in [0.1, 0.15) is 23.0 Å². The van der Waals surface area contributed by atoms with Crippen molar-refractivity contribution < 1.29 is 22.8 Å². The van der Waals surface area contributed by atoms with Crippen molar-refractivity contribution in [2.75, 3.05) is 4.72 Å². The number of sulfonamides is 1. The number of aromatic nitrogens is 2. The minimum Gasteiger partial charge on any atom is -0.478 e. The second kappa shape index (κ2) is 9.67. The number of terminal acetylenes is 1. The molecule has 35 heavy (non-hydrogen) atoms. The first-order valence-electron chi connectivity index (χ1n) is 10.3. The Morgan fingerprint density at radius 2 is 1.91 bits per heavy atom. The third kappa shape index (κ3) is 4.83. The molecule has 0 unspecified atom stereocenters. The Kier molecular flexibility index (Phi) is 6.48. The first-order valence-corrected chi connectivity index (χ1v) is 11.8. The number of hydrogen-bond acceptors (Lipinski definition) is 6. The molecule has 0 aliphatic carbocycles. The molecule has 0 atom stereocenters. The number of anilines is 1.